The molecular weight excluding hydrogens is 1400 g/mol. The number of carboxylic acid groups (broad SMARTS) is 1. The number of carboxylic acids is 1. The Balaban J connectivity index is 0.000000236. The van der Waals surface area contributed by atoms with E-state index in [0.29, 0.717) is 92.9 Å². The van der Waals surface area contributed by atoms with E-state index in [2.05, 4.69) is 63.2 Å². The number of carbonyl (C=O) groups is 5. The van der Waals surface area contributed by atoms with Gasteiger partial charge >= 0.3 is 68.8 Å². The van der Waals surface area contributed by atoms with Crippen LogP contribution in [0.5, 0.6) is 0 Å². The van der Waals surface area contributed by atoms with Crippen LogP contribution in [0.4, 0.5) is 37.7 Å². The molecule has 0 aliphatic carbocycles. The maximum Gasteiger partial charge on any atom is 0.416 e. The molecule has 2 aromatic heterocycles. The molecule has 0 saturated heterocycles. The third-order valence-electron chi connectivity index (χ3n) is 12.5. The van der Waals surface area contributed by atoms with E-state index in [9.17, 15) is 50.3 Å². The Morgan fingerprint density at radius 3 is 1.37 bits per heavy atom. The summed E-state index contributed by atoms with van der Waals surface area (Å²) in [7, 11) is 0. The summed E-state index contributed by atoms with van der Waals surface area (Å²) in [6.45, 7) is 4.78. The number of pyridine rings is 2. The molecule has 0 spiro atoms. The molecule has 1 atom stereocenters. The van der Waals surface area contributed by atoms with Crippen molar-refractivity contribution in [3.05, 3.63) is 227 Å². The SMILES string of the molecule is CCN(CC)C(=O)[C@@H](NC(=O)c1cnc2cc(NC(=O)c3ccccc3-c3ccc(C(F)(F)F)cc3)ccc2c1)c1ccccc1.I[I-]I.O=C(O)c1cnc2cc(NC(=O)c3ccccc3-c3ccc(C(F)(F)F)cc3)ccc2c1. The van der Waals surface area contributed by atoms with Gasteiger partial charge in [0.2, 0.25) is 5.91 Å². The molecule has 21 heteroatoms. The van der Waals surface area contributed by atoms with Crippen molar-refractivity contribution in [2.24, 2.45) is 0 Å². The number of hydrogen-bond donors (Lipinski definition) is 4. The molecule has 4 N–H and O–H groups in total. The average Bonchev–Trinajstić information content (AvgIpc) is 3.51. The summed E-state index contributed by atoms with van der Waals surface area (Å²) >= 11 is 5.30. The van der Waals surface area contributed by atoms with E-state index in [-0.39, 0.29) is 22.6 Å². The van der Waals surface area contributed by atoms with Crippen molar-refractivity contribution >= 4 is 100 Å². The summed E-state index contributed by atoms with van der Waals surface area (Å²) in [5, 5.41) is 18.8. The summed E-state index contributed by atoms with van der Waals surface area (Å²) in [4.78, 5) is 74.1. The van der Waals surface area contributed by atoms with Gasteiger partial charge in [0.15, 0.2) is 0 Å². The summed E-state index contributed by atoms with van der Waals surface area (Å²) in [6, 6.07) is 43.8. The Morgan fingerprint density at radius 1 is 0.543 bits per heavy atom. The van der Waals surface area contributed by atoms with Crippen molar-refractivity contribution < 1.29 is 68.7 Å². The van der Waals surface area contributed by atoms with Crippen molar-refractivity contribution in [3.8, 4) is 22.3 Å². The second kappa shape index (κ2) is 27.8. The number of benzene rings is 7. The van der Waals surface area contributed by atoms with Crippen LogP contribution >= 0.6 is 37.2 Å². The minimum atomic E-state index is -4.46. The van der Waals surface area contributed by atoms with Gasteiger partial charge in [0.1, 0.15) is 6.04 Å². The number of hydrogen-bond acceptors (Lipinski definition) is 7. The van der Waals surface area contributed by atoms with Gasteiger partial charge in [0.25, 0.3) is 17.7 Å². The molecule has 81 heavy (non-hydrogen) atoms. The van der Waals surface area contributed by atoms with Crippen molar-refractivity contribution in [1.82, 2.24) is 20.2 Å². The first-order valence-corrected chi connectivity index (χ1v) is 37.0. The van der Waals surface area contributed by atoms with Crippen molar-refractivity contribution in [2.75, 3.05) is 23.7 Å². The quantitative estimate of drug-likeness (QED) is 0.0653. The summed E-state index contributed by atoms with van der Waals surface area (Å²) in [6.07, 6.45) is -6.26. The molecule has 12 nitrogen and oxygen atoms in total. The first-order chi connectivity index (χ1) is 38.7. The van der Waals surface area contributed by atoms with Gasteiger partial charge in [-0.1, -0.05) is 103 Å². The second-order valence-electron chi connectivity index (χ2n) is 17.6. The van der Waals surface area contributed by atoms with Gasteiger partial charge in [-0.2, -0.15) is 26.3 Å². The number of halogens is 9. The van der Waals surface area contributed by atoms with Gasteiger partial charge in [-0.15, -0.1) is 0 Å². The number of alkyl halides is 6. The van der Waals surface area contributed by atoms with Crippen molar-refractivity contribution in [1.29, 1.82) is 0 Å². The maximum absolute atomic E-state index is 13.3. The zero-order valence-electron chi connectivity index (χ0n) is 42.6. The summed E-state index contributed by atoms with van der Waals surface area (Å²) in [5.41, 5.74) is 3.86. The molecule has 416 valence electrons. The Hall–Kier alpha value is -7.52. The average molecular weight is 1440 g/mol. The number of amides is 4. The molecular formula is C60H46F6I3N6O6-. The molecule has 4 amide bonds. The number of anilines is 2. The van der Waals surface area contributed by atoms with Crippen molar-refractivity contribution in [3.63, 3.8) is 0 Å². The predicted octanol–water partition coefficient (Wildman–Crippen LogP) is 12.2. The van der Waals surface area contributed by atoms with Gasteiger partial charge in [0, 0.05) is 58.8 Å². The van der Waals surface area contributed by atoms with E-state index in [1.165, 1.54) is 42.7 Å². The Labute approximate surface area is 490 Å². The standard InChI is InChI=1S/C36H31F3N4O3.C24H15F3N2O3.I3/c1-3-43(4-2)35(46)32(24-10-6-5-7-11-24)42-33(44)26-20-25-16-19-28(21-31(25)40-22-26)41-34(45)30-13-9-8-12-29(30)23-14-17-27(18-15-23)36(37,38)39;25-24(26,27)17-8-5-14(6-9-17)19-3-1-2-4-20(19)22(30)29-18-10-7-15-11-16(23(31)32)13-28-21(15)12-18;1-3-2/h5-22,32H,3-4H2,1-2H3,(H,41,45)(H,42,44);1-13H,(H,29,30)(H,31,32);/q;;-1/t32-;;/m0../s1. The third-order valence-corrected chi connectivity index (χ3v) is 12.5. The molecule has 0 fully saturated rings. The summed E-state index contributed by atoms with van der Waals surface area (Å²) in [5.74, 6) is -2.64. The van der Waals surface area contributed by atoms with Gasteiger partial charge in [-0.05, 0) is 114 Å². The van der Waals surface area contributed by atoms with Crippen LogP contribution < -0.4 is 29.2 Å². The second-order valence-corrected chi connectivity index (χ2v) is 33.8. The van der Waals surface area contributed by atoms with E-state index in [0.717, 1.165) is 24.3 Å². The van der Waals surface area contributed by atoms with Crippen LogP contribution in [-0.2, 0) is 17.1 Å². The monoisotopic (exact) mass is 1440 g/mol. The first kappa shape index (κ1) is 61.1. The minimum absolute atomic E-state index is 0.0553. The zero-order chi connectivity index (χ0) is 58.4. The fourth-order valence-corrected chi connectivity index (χ4v) is 8.44. The molecule has 0 bridgehead atoms. The van der Waals surface area contributed by atoms with Crippen LogP contribution in [-0.4, -0.2) is 62.7 Å². The fraction of sp³-hybridized carbons (Fsp3) is 0.117. The molecule has 0 saturated carbocycles. The molecule has 7 aromatic carbocycles. The van der Waals surface area contributed by atoms with E-state index < -0.39 is 53.2 Å². The molecule has 0 radical (unpaired) electrons. The van der Waals surface area contributed by atoms with Crippen LogP contribution in [0.1, 0.15) is 78.0 Å². The van der Waals surface area contributed by atoms with Crippen LogP contribution in [0.25, 0.3) is 44.1 Å². The maximum atomic E-state index is 13.3. The first-order valence-electron chi connectivity index (χ1n) is 24.4. The Morgan fingerprint density at radius 2 is 0.951 bits per heavy atom. The van der Waals surface area contributed by atoms with Crippen LogP contribution in [0, 0.1) is 0 Å². The molecule has 2 heterocycles. The fourth-order valence-electron chi connectivity index (χ4n) is 8.44. The predicted molar refractivity (Wildman–Crippen MR) is 313 cm³/mol. The number of aromatic nitrogens is 2. The van der Waals surface area contributed by atoms with Crippen LogP contribution in [0.2, 0.25) is 0 Å². The number of nitrogens with one attached hydrogen (secondary N) is 3. The number of rotatable bonds is 13. The number of likely N-dealkylation sites (N-methyl/N-ethyl adjacent to an activating group) is 1. The Bertz CT molecular complexity index is 3720. The normalized spacial score (nSPS) is 11.5. The zero-order valence-corrected chi connectivity index (χ0v) is 49.1. The minimum Gasteiger partial charge on any atom is -0.478 e. The third kappa shape index (κ3) is 15.9. The molecule has 9 aromatic rings. The van der Waals surface area contributed by atoms with Crippen molar-refractivity contribution in [2.45, 2.75) is 32.2 Å². The van der Waals surface area contributed by atoms with Crippen LogP contribution in [0.3, 0.4) is 0 Å². The van der Waals surface area contributed by atoms with Gasteiger partial charge in [0.05, 0.1) is 33.3 Å². The molecule has 9 rings (SSSR count). The van der Waals surface area contributed by atoms with Gasteiger partial charge in [-0.25, -0.2) is 4.79 Å². The number of fused-ring (bicyclic) bond motifs is 2. The number of carbonyl (C=O) groups excluding carboxylic acids is 4. The topological polar surface area (TPSA) is 171 Å². The largest absolute Gasteiger partial charge is 0.478 e. The van der Waals surface area contributed by atoms with E-state index in [1.807, 2.05) is 32.0 Å². The van der Waals surface area contributed by atoms with Crippen LogP contribution in [0.15, 0.2) is 188 Å². The Kier molecular flexibility index (Phi) is 20.9. The van der Waals surface area contributed by atoms with E-state index in [1.54, 1.807) is 108 Å². The van der Waals surface area contributed by atoms with Gasteiger partial charge < -0.3 is 26.0 Å². The van der Waals surface area contributed by atoms with E-state index in [4.69, 9.17) is 5.11 Å². The van der Waals surface area contributed by atoms with E-state index >= 15 is 0 Å². The number of nitrogens with zero attached hydrogens (tertiary/aromatic N) is 3. The molecule has 0 aliphatic rings. The molecule has 0 aliphatic heterocycles. The smallest absolute Gasteiger partial charge is 0.416 e. The summed E-state index contributed by atoms with van der Waals surface area (Å²) < 4.78 is 77.6. The number of aromatic carboxylic acids is 1. The van der Waals surface area contributed by atoms with Gasteiger partial charge in [-0.3, -0.25) is 29.1 Å². The molecule has 0 unspecified atom stereocenters.